The van der Waals surface area contributed by atoms with Crippen molar-refractivity contribution in [2.75, 3.05) is 7.11 Å². The van der Waals surface area contributed by atoms with E-state index in [1.165, 1.54) is 26.4 Å². The smallest absolute Gasteiger partial charge is 0.305 e. The summed E-state index contributed by atoms with van der Waals surface area (Å²) in [6.07, 6.45) is 11.6. The van der Waals surface area contributed by atoms with E-state index in [1.54, 1.807) is 5.57 Å². The van der Waals surface area contributed by atoms with E-state index in [1.807, 2.05) is 27.7 Å². The maximum absolute atomic E-state index is 12.3. The molecule has 3 rings (SSSR count). The van der Waals surface area contributed by atoms with Crippen LogP contribution in [0.15, 0.2) is 11.6 Å². The van der Waals surface area contributed by atoms with Crippen molar-refractivity contribution < 1.29 is 14.3 Å². The topological polar surface area (TPSA) is 43.4 Å². The zero-order valence-electron chi connectivity index (χ0n) is 20.4. The zero-order valence-corrected chi connectivity index (χ0v) is 20.4. The zero-order chi connectivity index (χ0) is 22.2. The van der Waals surface area contributed by atoms with Crippen LogP contribution < -0.4 is 0 Å². The monoisotopic (exact) mass is 406 g/mol. The van der Waals surface area contributed by atoms with Crippen molar-refractivity contribution in [3.63, 3.8) is 0 Å². The second-order valence-corrected chi connectivity index (χ2v) is 9.10. The van der Waals surface area contributed by atoms with E-state index >= 15 is 0 Å². The number of esters is 1. The molecule has 0 aromatic heterocycles. The first-order valence-electron chi connectivity index (χ1n) is 12.1. The Hall–Kier alpha value is -1.12. The molecule has 0 aromatic carbocycles. The fraction of sp³-hybridized carbons (Fsp3) is 0.846. The predicted octanol–water partition coefficient (Wildman–Crippen LogP) is 7.14. The van der Waals surface area contributed by atoms with Crippen LogP contribution in [-0.4, -0.2) is 18.9 Å². The van der Waals surface area contributed by atoms with Gasteiger partial charge in [0.15, 0.2) is 0 Å². The first-order chi connectivity index (χ1) is 13.8. The highest BCUT2D eigenvalue weighted by molar-refractivity contribution is 5.82. The Kier molecular flexibility index (Phi) is 10.1. The van der Waals surface area contributed by atoms with Gasteiger partial charge < -0.3 is 4.74 Å². The third-order valence-corrected chi connectivity index (χ3v) is 7.95. The van der Waals surface area contributed by atoms with Crippen molar-refractivity contribution in [3.8, 4) is 0 Å². The molecule has 3 aliphatic rings. The highest BCUT2D eigenvalue weighted by Gasteiger charge is 2.56. The highest BCUT2D eigenvalue weighted by Crippen LogP contribution is 2.64. The Morgan fingerprint density at radius 1 is 1.10 bits per heavy atom. The summed E-state index contributed by atoms with van der Waals surface area (Å²) in [5.74, 6) is 1.76. The molecule has 0 aromatic rings. The summed E-state index contributed by atoms with van der Waals surface area (Å²) in [6, 6.07) is 0. The average Bonchev–Trinajstić information content (AvgIpc) is 2.74. The van der Waals surface area contributed by atoms with Crippen LogP contribution in [0, 0.1) is 28.6 Å². The minimum absolute atomic E-state index is 0.0907. The normalized spacial score (nSPS) is 35.5. The summed E-state index contributed by atoms with van der Waals surface area (Å²) in [4.78, 5) is 23.7. The van der Waals surface area contributed by atoms with Gasteiger partial charge in [-0.3, -0.25) is 9.59 Å². The molecule has 0 amide bonds. The molecular weight excluding hydrogens is 360 g/mol. The van der Waals surface area contributed by atoms with E-state index in [9.17, 15) is 9.59 Å². The molecule has 3 aliphatic carbocycles. The number of allylic oxidation sites excluding steroid dienone is 2. The largest absolute Gasteiger partial charge is 0.469 e. The Morgan fingerprint density at radius 2 is 1.76 bits per heavy atom. The number of hydrogen-bond donors (Lipinski definition) is 0. The number of methoxy groups -OCH3 is 1. The van der Waals surface area contributed by atoms with E-state index in [0.717, 1.165) is 32.1 Å². The minimum Gasteiger partial charge on any atom is -0.469 e. The summed E-state index contributed by atoms with van der Waals surface area (Å²) in [5.41, 5.74) is 2.09. The molecule has 3 heteroatoms. The van der Waals surface area contributed by atoms with E-state index in [2.05, 4.69) is 26.8 Å². The van der Waals surface area contributed by atoms with Gasteiger partial charge in [0.25, 0.3) is 0 Å². The Balaban J connectivity index is 0.000000989. The van der Waals surface area contributed by atoms with Crippen LogP contribution in [0.2, 0.25) is 0 Å². The molecule has 0 N–H and O–H groups in total. The number of rotatable bonds is 4. The van der Waals surface area contributed by atoms with Gasteiger partial charge in [0.1, 0.15) is 5.78 Å². The first kappa shape index (κ1) is 25.9. The standard InChI is InChI=1S/C22H34O3.2C2H6/c1-15-17-11-13-21(2)16(8-6-10-20(24)25-4)7-5-9-19(21)22(17,3)14-12-18(15)23;2*1-2/h9,15-17H,5-8,10-14H2,1-4H3;2*1-2H3/t15?,16?,17?,21?,22-;;/m0../s1. The molecule has 0 bridgehead atoms. The molecule has 29 heavy (non-hydrogen) atoms. The van der Waals surface area contributed by atoms with Crippen molar-refractivity contribution in [3.05, 3.63) is 11.6 Å². The maximum Gasteiger partial charge on any atom is 0.305 e. The third kappa shape index (κ3) is 5.14. The van der Waals surface area contributed by atoms with Crippen LogP contribution in [0.3, 0.4) is 0 Å². The van der Waals surface area contributed by atoms with Gasteiger partial charge in [-0.15, -0.1) is 0 Å². The van der Waals surface area contributed by atoms with Crippen molar-refractivity contribution in [2.45, 2.75) is 106 Å². The fourth-order valence-electron chi connectivity index (χ4n) is 6.41. The summed E-state index contributed by atoms with van der Waals surface area (Å²) < 4.78 is 4.80. The number of carbonyl (C=O) groups is 2. The number of fused-ring (bicyclic) bond motifs is 3. The number of ether oxygens (including phenoxy) is 1. The highest BCUT2D eigenvalue weighted by atomic mass is 16.5. The van der Waals surface area contributed by atoms with Gasteiger partial charge in [-0.1, -0.05) is 60.1 Å². The van der Waals surface area contributed by atoms with Gasteiger partial charge in [-0.25, -0.2) is 0 Å². The molecule has 0 saturated heterocycles. The Labute approximate surface area is 180 Å². The SMILES string of the molecule is CC.CC.COC(=O)CCCC1CCC=C2C1(C)CCC1C(C)C(=O)CC[C@]21C. The third-order valence-electron chi connectivity index (χ3n) is 7.95. The van der Waals surface area contributed by atoms with Gasteiger partial charge in [0, 0.05) is 18.8 Å². The van der Waals surface area contributed by atoms with E-state index in [4.69, 9.17) is 4.74 Å². The van der Waals surface area contributed by atoms with Gasteiger partial charge in [0.2, 0.25) is 0 Å². The lowest BCUT2D eigenvalue weighted by Gasteiger charge is -2.59. The van der Waals surface area contributed by atoms with Gasteiger partial charge in [0.05, 0.1) is 7.11 Å². The number of Topliss-reactive ketones (excluding diaryl/α,β-unsaturated/α-hetero) is 1. The molecule has 2 saturated carbocycles. The first-order valence-corrected chi connectivity index (χ1v) is 12.1. The van der Waals surface area contributed by atoms with Crippen LogP contribution >= 0.6 is 0 Å². The average molecular weight is 407 g/mol. The molecule has 4 unspecified atom stereocenters. The predicted molar refractivity (Wildman–Crippen MR) is 122 cm³/mol. The van der Waals surface area contributed by atoms with Gasteiger partial charge >= 0.3 is 5.97 Å². The fourth-order valence-corrected chi connectivity index (χ4v) is 6.41. The minimum atomic E-state index is -0.0907. The Morgan fingerprint density at radius 3 is 2.38 bits per heavy atom. The van der Waals surface area contributed by atoms with E-state index in [-0.39, 0.29) is 22.7 Å². The molecular formula is C26H46O3. The van der Waals surface area contributed by atoms with E-state index in [0.29, 0.717) is 24.0 Å². The number of ketones is 1. The van der Waals surface area contributed by atoms with Crippen LogP contribution in [-0.2, 0) is 14.3 Å². The molecule has 5 atom stereocenters. The second kappa shape index (κ2) is 11.3. The van der Waals surface area contributed by atoms with E-state index < -0.39 is 0 Å². The van der Waals surface area contributed by atoms with Crippen molar-refractivity contribution >= 4 is 11.8 Å². The molecule has 0 aliphatic heterocycles. The number of carbonyl (C=O) groups excluding carboxylic acids is 2. The van der Waals surface area contributed by atoms with Crippen LogP contribution in [0.5, 0.6) is 0 Å². The van der Waals surface area contributed by atoms with Gasteiger partial charge in [-0.2, -0.15) is 0 Å². The van der Waals surface area contributed by atoms with Gasteiger partial charge in [-0.05, 0) is 67.6 Å². The molecule has 168 valence electrons. The quantitative estimate of drug-likeness (QED) is 0.368. The lowest BCUT2D eigenvalue weighted by molar-refractivity contribution is -0.140. The molecule has 3 nitrogen and oxygen atoms in total. The number of hydrogen-bond acceptors (Lipinski definition) is 3. The lowest BCUT2D eigenvalue weighted by Crippen LogP contribution is -2.52. The summed E-state index contributed by atoms with van der Waals surface area (Å²) in [5, 5.41) is 0. The lowest BCUT2D eigenvalue weighted by atomic mass is 9.45. The summed E-state index contributed by atoms with van der Waals surface area (Å²) >= 11 is 0. The molecule has 0 heterocycles. The van der Waals surface area contributed by atoms with Crippen molar-refractivity contribution in [1.82, 2.24) is 0 Å². The summed E-state index contributed by atoms with van der Waals surface area (Å²) in [7, 11) is 1.47. The van der Waals surface area contributed by atoms with Crippen LogP contribution in [0.4, 0.5) is 0 Å². The summed E-state index contributed by atoms with van der Waals surface area (Å²) in [6.45, 7) is 15.0. The van der Waals surface area contributed by atoms with Crippen molar-refractivity contribution in [2.24, 2.45) is 28.6 Å². The maximum atomic E-state index is 12.3. The van der Waals surface area contributed by atoms with Crippen LogP contribution in [0.25, 0.3) is 0 Å². The molecule has 2 fully saturated rings. The molecule has 0 spiro atoms. The Bertz CT molecular complexity index is 579. The molecule has 0 radical (unpaired) electrons. The second-order valence-electron chi connectivity index (χ2n) is 9.10. The van der Waals surface area contributed by atoms with Crippen LogP contribution in [0.1, 0.15) is 106 Å². The van der Waals surface area contributed by atoms with Crippen molar-refractivity contribution in [1.29, 1.82) is 0 Å².